The fourth-order valence-electron chi connectivity index (χ4n) is 8.82. The van der Waals surface area contributed by atoms with Crippen LogP contribution in [0.2, 0.25) is 0 Å². The second-order valence-corrected chi connectivity index (χ2v) is 14.8. The summed E-state index contributed by atoms with van der Waals surface area (Å²) in [5.41, 5.74) is 11.1. The van der Waals surface area contributed by atoms with Gasteiger partial charge in [-0.05, 0) is 54.1 Å². The Labute approximate surface area is 332 Å². The predicted molar refractivity (Wildman–Crippen MR) is 236 cm³/mol. The number of para-hydroxylation sites is 5. The monoisotopic (exact) mass is 743 g/mol. The number of furan rings is 1. The molecule has 0 fully saturated rings. The molecule has 0 amide bonds. The molecule has 4 aromatic heterocycles. The van der Waals surface area contributed by atoms with Crippen LogP contribution in [0.3, 0.4) is 0 Å². The lowest BCUT2D eigenvalue weighted by Crippen LogP contribution is -2.04. The van der Waals surface area contributed by atoms with Gasteiger partial charge in [-0.2, -0.15) is 0 Å². The summed E-state index contributed by atoms with van der Waals surface area (Å²) in [5, 5.41) is 6.87. The van der Waals surface area contributed by atoms with E-state index in [9.17, 15) is 0 Å². The first kappa shape index (κ1) is 32.4. The van der Waals surface area contributed by atoms with Crippen molar-refractivity contribution in [2.45, 2.75) is 6.42 Å². The van der Waals surface area contributed by atoms with E-state index in [2.05, 4.69) is 149 Å². The molecule has 0 saturated heterocycles. The van der Waals surface area contributed by atoms with Gasteiger partial charge in [-0.3, -0.25) is 0 Å². The summed E-state index contributed by atoms with van der Waals surface area (Å²) in [4.78, 5) is 15.1. The van der Waals surface area contributed by atoms with Gasteiger partial charge in [0.25, 0.3) is 0 Å². The minimum Gasteiger partial charge on any atom is -0.453 e. The van der Waals surface area contributed by atoms with Crippen LogP contribution in [-0.2, 0) is 6.42 Å². The average Bonchev–Trinajstić information content (AvgIpc) is 3.94. The molecule has 4 heterocycles. The van der Waals surface area contributed by atoms with E-state index in [1.165, 1.54) is 27.1 Å². The zero-order chi connectivity index (χ0) is 38.2. The topological polar surface area (TPSA) is 61.7 Å². The van der Waals surface area contributed by atoms with Crippen molar-refractivity contribution in [3.05, 3.63) is 199 Å². The zero-order valence-electron chi connectivity index (χ0n) is 31.2. The maximum atomic E-state index is 7.10. The number of nitrogens with zero attached hydrogens (tertiary/aromatic N) is 5. The summed E-state index contributed by atoms with van der Waals surface area (Å²) in [5.74, 6) is 1.92. The zero-order valence-corrected chi connectivity index (χ0v) is 31.2. The number of hydrogen-bond acceptors (Lipinski definition) is 4. The Balaban J connectivity index is 1.11. The molecule has 0 aliphatic heterocycles. The standard InChI is InChI=1S/C52H33N5O/c1-4-16-33(17-5-1)30-48-53-51(34-18-6-2-7-19-34)55-52(54-48)40-26-14-24-38-39-25-15-29-45(50(39)58-49(38)40)57-44-28-13-11-23-37(44)42-31-41-36-22-10-12-27-43(36)56(46(41)32-47(42)57)35-20-8-3-9-21-35/h1-29,31-32H,30H2. The van der Waals surface area contributed by atoms with Crippen molar-refractivity contribution < 1.29 is 4.42 Å². The summed E-state index contributed by atoms with van der Waals surface area (Å²) < 4.78 is 11.8. The summed E-state index contributed by atoms with van der Waals surface area (Å²) >= 11 is 0. The molecular weight excluding hydrogens is 711 g/mol. The minimum absolute atomic E-state index is 0.582. The van der Waals surface area contributed by atoms with E-state index in [4.69, 9.17) is 19.4 Å². The summed E-state index contributed by atoms with van der Waals surface area (Å²) in [6, 6.07) is 65.9. The molecule has 0 spiro atoms. The number of rotatable bonds is 6. The third-order valence-corrected chi connectivity index (χ3v) is 11.4. The van der Waals surface area contributed by atoms with Crippen molar-refractivity contribution in [3.8, 4) is 34.2 Å². The van der Waals surface area contributed by atoms with Gasteiger partial charge in [-0.15, -0.1) is 0 Å². The first-order chi connectivity index (χ1) is 28.8. The van der Waals surface area contributed by atoms with Crippen molar-refractivity contribution in [2.75, 3.05) is 0 Å². The Bertz CT molecular complexity index is 3530. The quantitative estimate of drug-likeness (QED) is 0.170. The van der Waals surface area contributed by atoms with E-state index < -0.39 is 0 Å². The van der Waals surface area contributed by atoms with Crippen molar-refractivity contribution >= 4 is 65.6 Å². The Morgan fingerprint density at radius 1 is 0.397 bits per heavy atom. The third kappa shape index (κ3) is 5.02. The van der Waals surface area contributed by atoms with Gasteiger partial charge in [-0.1, -0.05) is 140 Å². The Kier molecular flexibility index (Phi) is 7.19. The van der Waals surface area contributed by atoms with Gasteiger partial charge in [0.15, 0.2) is 17.2 Å². The fraction of sp³-hybridized carbons (Fsp3) is 0.0192. The SMILES string of the molecule is c1ccc(Cc2nc(-c3ccccc3)nc(-c3cccc4c3oc3c(-n5c6ccccc6c6cc7c8ccccc8n(-c8ccccc8)c7cc65)cccc34)n2)cc1. The van der Waals surface area contributed by atoms with Crippen LogP contribution in [-0.4, -0.2) is 24.1 Å². The smallest absolute Gasteiger partial charge is 0.167 e. The largest absolute Gasteiger partial charge is 0.453 e. The summed E-state index contributed by atoms with van der Waals surface area (Å²) in [7, 11) is 0. The lowest BCUT2D eigenvalue weighted by Gasteiger charge is -2.10. The van der Waals surface area contributed by atoms with Crippen LogP contribution in [0.15, 0.2) is 192 Å². The van der Waals surface area contributed by atoms with Crippen LogP contribution in [0.25, 0.3) is 99.7 Å². The number of hydrogen-bond donors (Lipinski definition) is 0. The van der Waals surface area contributed by atoms with E-state index in [1.807, 2.05) is 48.5 Å². The van der Waals surface area contributed by atoms with E-state index >= 15 is 0 Å². The fourth-order valence-corrected chi connectivity index (χ4v) is 8.82. The third-order valence-electron chi connectivity index (χ3n) is 11.4. The summed E-state index contributed by atoms with van der Waals surface area (Å²) in [6.45, 7) is 0. The van der Waals surface area contributed by atoms with Crippen molar-refractivity contribution in [2.24, 2.45) is 0 Å². The van der Waals surface area contributed by atoms with Crippen molar-refractivity contribution in [1.29, 1.82) is 0 Å². The average molecular weight is 744 g/mol. The Morgan fingerprint density at radius 2 is 0.966 bits per heavy atom. The highest BCUT2D eigenvalue weighted by atomic mass is 16.3. The minimum atomic E-state index is 0.582. The molecule has 0 saturated carbocycles. The molecule has 6 nitrogen and oxygen atoms in total. The number of benzene rings is 8. The first-order valence-corrected chi connectivity index (χ1v) is 19.6. The van der Waals surface area contributed by atoms with Crippen LogP contribution in [0.5, 0.6) is 0 Å². The highest BCUT2D eigenvalue weighted by molar-refractivity contribution is 6.20. The van der Waals surface area contributed by atoms with E-state index in [1.54, 1.807) is 0 Å². The van der Waals surface area contributed by atoms with Crippen LogP contribution >= 0.6 is 0 Å². The van der Waals surface area contributed by atoms with Gasteiger partial charge in [0.2, 0.25) is 0 Å². The van der Waals surface area contributed by atoms with Crippen LogP contribution in [0, 0.1) is 0 Å². The molecule has 272 valence electrons. The Morgan fingerprint density at radius 3 is 1.71 bits per heavy atom. The molecule has 0 unspecified atom stereocenters. The number of fused-ring (bicyclic) bond motifs is 9. The number of aromatic nitrogens is 5. The van der Waals surface area contributed by atoms with E-state index in [-0.39, 0.29) is 0 Å². The van der Waals surface area contributed by atoms with E-state index in [0.29, 0.717) is 23.9 Å². The van der Waals surface area contributed by atoms with Crippen LogP contribution in [0.4, 0.5) is 0 Å². The molecule has 0 atom stereocenters. The maximum absolute atomic E-state index is 7.10. The molecule has 12 aromatic rings. The normalized spacial score (nSPS) is 11.9. The lowest BCUT2D eigenvalue weighted by molar-refractivity contribution is 0.667. The molecular formula is C52H33N5O. The highest BCUT2D eigenvalue weighted by Gasteiger charge is 2.23. The molecule has 58 heavy (non-hydrogen) atoms. The lowest BCUT2D eigenvalue weighted by atomic mass is 10.1. The second kappa shape index (κ2) is 12.9. The van der Waals surface area contributed by atoms with E-state index in [0.717, 1.165) is 66.6 Å². The van der Waals surface area contributed by atoms with Gasteiger partial charge in [0, 0.05) is 50.0 Å². The molecule has 0 aliphatic carbocycles. The maximum Gasteiger partial charge on any atom is 0.167 e. The van der Waals surface area contributed by atoms with Crippen molar-refractivity contribution in [3.63, 3.8) is 0 Å². The van der Waals surface area contributed by atoms with Gasteiger partial charge >= 0.3 is 0 Å². The molecule has 0 bridgehead atoms. The van der Waals surface area contributed by atoms with Gasteiger partial charge in [0.1, 0.15) is 11.4 Å². The molecule has 0 radical (unpaired) electrons. The molecule has 0 aliphatic rings. The van der Waals surface area contributed by atoms with Gasteiger partial charge < -0.3 is 13.6 Å². The molecule has 0 N–H and O–H groups in total. The van der Waals surface area contributed by atoms with Gasteiger partial charge in [0.05, 0.1) is 33.3 Å². The van der Waals surface area contributed by atoms with Gasteiger partial charge in [-0.25, -0.2) is 15.0 Å². The van der Waals surface area contributed by atoms with Crippen LogP contribution in [0.1, 0.15) is 11.4 Å². The summed E-state index contributed by atoms with van der Waals surface area (Å²) in [6.07, 6.45) is 0.584. The second-order valence-electron chi connectivity index (χ2n) is 14.8. The predicted octanol–water partition coefficient (Wildman–Crippen LogP) is 12.9. The first-order valence-electron chi connectivity index (χ1n) is 19.6. The van der Waals surface area contributed by atoms with Crippen LogP contribution < -0.4 is 0 Å². The molecule has 8 aromatic carbocycles. The molecule has 12 rings (SSSR count). The molecule has 6 heteroatoms. The Hall–Kier alpha value is -7.83. The van der Waals surface area contributed by atoms with Crippen molar-refractivity contribution in [1.82, 2.24) is 24.1 Å². The highest BCUT2D eigenvalue weighted by Crippen LogP contribution is 2.43.